The van der Waals surface area contributed by atoms with E-state index in [0.29, 0.717) is 13.1 Å². The summed E-state index contributed by atoms with van der Waals surface area (Å²) in [5, 5.41) is 3.79. The van der Waals surface area contributed by atoms with Crippen LogP contribution >= 0.6 is 11.6 Å². The van der Waals surface area contributed by atoms with E-state index in [0.717, 1.165) is 30.1 Å². The van der Waals surface area contributed by atoms with E-state index in [1.807, 2.05) is 30.3 Å². The third-order valence-electron chi connectivity index (χ3n) is 5.25. The number of fused-ring (bicyclic) bond motifs is 1. The van der Waals surface area contributed by atoms with Crippen molar-refractivity contribution in [2.24, 2.45) is 0 Å². The molecule has 3 aromatic rings. The van der Waals surface area contributed by atoms with Gasteiger partial charge in [-0.15, -0.1) is 0 Å². The molecule has 1 aliphatic rings. The lowest BCUT2D eigenvalue weighted by Crippen LogP contribution is -2.44. The fraction of sp³-hybridized carbons (Fsp3) is 0.261. The van der Waals surface area contributed by atoms with Gasteiger partial charge < -0.3 is 9.88 Å². The van der Waals surface area contributed by atoms with Crippen LogP contribution in [0.1, 0.15) is 22.9 Å². The molecular weight excluding hydrogens is 370 g/mol. The van der Waals surface area contributed by atoms with Crippen molar-refractivity contribution in [3.63, 3.8) is 0 Å². The van der Waals surface area contributed by atoms with Crippen molar-refractivity contribution in [3.05, 3.63) is 94.8 Å². The van der Waals surface area contributed by atoms with Crippen molar-refractivity contribution in [2.45, 2.75) is 19.0 Å². The molecule has 1 atom stereocenters. The van der Waals surface area contributed by atoms with Gasteiger partial charge in [0.2, 0.25) is 5.91 Å². The van der Waals surface area contributed by atoms with E-state index < -0.39 is 0 Å². The molecule has 1 unspecified atom stereocenters. The largest absolute Gasteiger partial charge is 0.355 e. The highest BCUT2D eigenvalue weighted by Crippen LogP contribution is 2.32. The van der Waals surface area contributed by atoms with E-state index in [-0.39, 0.29) is 11.9 Å². The molecule has 1 amide bonds. The number of halogens is 1. The summed E-state index contributed by atoms with van der Waals surface area (Å²) in [6, 6.07) is 22.4. The first-order valence-corrected chi connectivity index (χ1v) is 10.0. The molecule has 0 aliphatic carbocycles. The van der Waals surface area contributed by atoms with Crippen LogP contribution < -0.4 is 5.32 Å². The van der Waals surface area contributed by atoms with Crippen LogP contribution in [0.4, 0.5) is 0 Å². The van der Waals surface area contributed by atoms with E-state index in [1.165, 1.54) is 11.3 Å². The highest BCUT2D eigenvalue weighted by atomic mass is 35.5. The number of hydrogen-bond donors (Lipinski definition) is 1. The molecule has 2 heterocycles. The summed E-state index contributed by atoms with van der Waals surface area (Å²) in [6.45, 7) is 2.76. The van der Waals surface area contributed by atoms with E-state index in [1.54, 1.807) is 0 Å². The monoisotopic (exact) mass is 393 g/mol. The van der Waals surface area contributed by atoms with Crippen LogP contribution in [0.25, 0.3) is 0 Å². The third kappa shape index (κ3) is 4.29. The molecule has 4 nitrogen and oxygen atoms in total. The molecule has 1 aliphatic heterocycles. The molecule has 0 saturated carbocycles. The van der Waals surface area contributed by atoms with Gasteiger partial charge in [0.15, 0.2) is 0 Å². The molecule has 0 fully saturated rings. The molecule has 0 spiro atoms. The van der Waals surface area contributed by atoms with Crippen molar-refractivity contribution >= 4 is 17.5 Å². The topological polar surface area (TPSA) is 37.3 Å². The molecule has 1 aromatic heterocycles. The fourth-order valence-electron chi connectivity index (χ4n) is 3.86. The normalized spacial score (nSPS) is 16.5. The van der Waals surface area contributed by atoms with Gasteiger partial charge in [-0.2, -0.15) is 0 Å². The van der Waals surface area contributed by atoms with E-state index in [9.17, 15) is 4.79 Å². The second kappa shape index (κ2) is 8.63. The highest BCUT2D eigenvalue weighted by molar-refractivity contribution is 6.30. The van der Waals surface area contributed by atoms with Gasteiger partial charge in [0, 0.05) is 36.5 Å². The van der Waals surface area contributed by atoms with Crippen molar-refractivity contribution < 1.29 is 4.79 Å². The minimum Gasteiger partial charge on any atom is -0.355 e. The van der Waals surface area contributed by atoms with E-state index >= 15 is 0 Å². The second-order valence-corrected chi connectivity index (χ2v) is 7.57. The molecule has 0 radical (unpaired) electrons. The Hall–Kier alpha value is -2.56. The van der Waals surface area contributed by atoms with Gasteiger partial charge in [-0.25, -0.2) is 0 Å². The summed E-state index contributed by atoms with van der Waals surface area (Å²) >= 11 is 6.08. The smallest absolute Gasteiger partial charge is 0.234 e. The zero-order chi connectivity index (χ0) is 19.3. The number of hydrogen-bond acceptors (Lipinski definition) is 2. The summed E-state index contributed by atoms with van der Waals surface area (Å²) in [5.41, 5.74) is 3.60. The van der Waals surface area contributed by atoms with Gasteiger partial charge in [0.25, 0.3) is 0 Å². The Morgan fingerprint density at radius 2 is 1.79 bits per heavy atom. The molecule has 4 rings (SSSR count). The van der Waals surface area contributed by atoms with Crippen molar-refractivity contribution in [3.8, 4) is 0 Å². The van der Waals surface area contributed by atoms with Gasteiger partial charge in [0.05, 0.1) is 12.6 Å². The Morgan fingerprint density at radius 3 is 2.57 bits per heavy atom. The SMILES string of the molecule is O=C(CN1CCn2cccc2C1c1ccc(Cl)cc1)NCCc1ccccc1. The molecular formula is C23H24ClN3O. The maximum Gasteiger partial charge on any atom is 0.234 e. The lowest BCUT2D eigenvalue weighted by molar-refractivity contribution is -0.122. The minimum absolute atomic E-state index is 0.0564. The molecule has 144 valence electrons. The maximum atomic E-state index is 12.6. The molecule has 5 heteroatoms. The summed E-state index contributed by atoms with van der Waals surface area (Å²) in [5.74, 6) is 0.0647. The average molecular weight is 394 g/mol. The Kier molecular flexibility index (Phi) is 5.79. The first-order chi connectivity index (χ1) is 13.7. The summed E-state index contributed by atoms with van der Waals surface area (Å²) in [4.78, 5) is 14.8. The van der Waals surface area contributed by atoms with Crippen LogP contribution in [0.5, 0.6) is 0 Å². The quantitative estimate of drug-likeness (QED) is 0.689. The molecule has 28 heavy (non-hydrogen) atoms. The summed E-state index contributed by atoms with van der Waals surface area (Å²) in [6.07, 6.45) is 2.95. The lowest BCUT2D eigenvalue weighted by atomic mass is 10.00. The predicted octanol–water partition coefficient (Wildman–Crippen LogP) is 3.91. The zero-order valence-corrected chi connectivity index (χ0v) is 16.5. The van der Waals surface area contributed by atoms with Crippen molar-refractivity contribution in [2.75, 3.05) is 19.6 Å². The maximum absolute atomic E-state index is 12.6. The second-order valence-electron chi connectivity index (χ2n) is 7.14. The van der Waals surface area contributed by atoms with Crippen molar-refractivity contribution in [1.82, 2.24) is 14.8 Å². The molecule has 0 saturated heterocycles. The van der Waals surface area contributed by atoms with Crippen LogP contribution in [0, 0.1) is 0 Å². The fourth-order valence-corrected chi connectivity index (χ4v) is 3.99. The molecule has 2 aromatic carbocycles. The number of nitrogens with zero attached hydrogens (tertiary/aromatic N) is 2. The van der Waals surface area contributed by atoms with Crippen molar-refractivity contribution in [1.29, 1.82) is 0 Å². The lowest BCUT2D eigenvalue weighted by Gasteiger charge is -2.37. The minimum atomic E-state index is 0.0564. The number of aromatic nitrogens is 1. The molecule has 0 bridgehead atoms. The summed E-state index contributed by atoms with van der Waals surface area (Å²) < 4.78 is 2.27. The first-order valence-electron chi connectivity index (χ1n) is 9.66. The zero-order valence-electron chi connectivity index (χ0n) is 15.7. The first kappa shape index (κ1) is 18.8. The Bertz CT molecular complexity index is 921. The Balaban J connectivity index is 1.43. The number of benzene rings is 2. The van der Waals surface area contributed by atoms with Crippen LogP contribution in [0.3, 0.4) is 0 Å². The highest BCUT2D eigenvalue weighted by Gasteiger charge is 2.29. The van der Waals surface area contributed by atoms with Gasteiger partial charge in [0.1, 0.15) is 0 Å². The van der Waals surface area contributed by atoms with Gasteiger partial charge in [-0.05, 0) is 41.8 Å². The Morgan fingerprint density at radius 1 is 1.00 bits per heavy atom. The predicted molar refractivity (Wildman–Crippen MR) is 112 cm³/mol. The van der Waals surface area contributed by atoms with Crippen LogP contribution in [0.2, 0.25) is 5.02 Å². The van der Waals surface area contributed by atoms with Gasteiger partial charge in [-0.3, -0.25) is 9.69 Å². The summed E-state index contributed by atoms with van der Waals surface area (Å²) in [7, 11) is 0. The number of rotatable bonds is 6. The average Bonchev–Trinajstić information content (AvgIpc) is 3.18. The Labute approximate surface area is 170 Å². The van der Waals surface area contributed by atoms with Crippen LogP contribution in [-0.2, 0) is 17.8 Å². The number of amides is 1. The van der Waals surface area contributed by atoms with Crippen LogP contribution in [-0.4, -0.2) is 35.0 Å². The van der Waals surface area contributed by atoms with Gasteiger partial charge >= 0.3 is 0 Å². The number of carbonyl (C=O) groups is 1. The number of carbonyl (C=O) groups excluding carboxylic acids is 1. The number of nitrogens with one attached hydrogen (secondary N) is 1. The van der Waals surface area contributed by atoms with E-state index in [4.69, 9.17) is 11.6 Å². The van der Waals surface area contributed by atoms with E-state index in [2.05, 4.69) is 57.4 Å². The molecule has 1 N–H and O–H groups in total. The van der Waals surface area contributed by atoms with Crippen LogP contribution in [0.15, 0.2) is 72.9 Å². The van der Waals surface area contributed by atoms with Gasteiger partial charge in [-0.1, -0.05) is 54.1 Å². The standard InChI is InChI=1S/C23H24ClN3O/c24-20-10-8-19(9-11-20)23-21-7-4-14-26(21)15-16-27(23)17-22(28)25-13-12-18-5-2-1-3-6-18/h1-11,14,23H,12-13,15-17H2,(H,25,28). The third-order valence-corrected chi connectivity index (χ3v) is 5.50.